The summed E-state index contributed by atoms with van der Waals surface area (Å²) in [5.41, 5.74) is 0. The Morgan fingerprint density at radius 2 is 0.429 bits per heavy atom. The number of hydrogen-bond acceptors (Lipinski definition) is 4. The van der Waals surface area contributed by atoms with Crippen LogP contribution in [0.25, 0.3) is 0 Å². The molecular weight excluding hydrogens is 228 g/mol. The van der Waals surface area contributed by atoms with Gasteiger partial charge in [-0.2, -0.15) is 0 Å². The van der Waals surface area contributed by atoms with Gasteiger partial charge in [-0.1, -0.05) is 0 Å². The minimum absolute atomic E-state index is 0. The molecule has 0 aromatic heterocycles. The van der Waals surface area contributed by atoms with Gasteiger partial charge in [0, 0.05) is 0 Å². The van der Waals surface area contributed by atoms with Gasteiger partial charge in [-0.05, 0) is 0 Å². The summed E-state index contributed by atoms with van der Waals surface area (Å²) in [6.45, 7) is 0. The van der Waals surface area contributed by atoms with E-state index in [0.717, 1.165) is 0 Å². The van der Waals surface area contributed by atoms with Crippen molar-refractivity contribution in [3.63, 3.8) is 0 Å². The maximum atomic E-state index is 0. The van der Waals surface area contributed by atoms with Gasteiger partial charge in [-0.15, -0.1) is 0 Å². The third-order valence-electron chi connectivity index (χ3n) is 0. The fraction of sp³-hybridized carbons (Fsp3) is 0. The average molecular weight is 244 g/mol. The zero-order chi connectivity index (χ0) is 0. The van der Waals surface area contributed by atoms with Gasteiger partial charge in [0.1, 0.15) is 0 Å². The van der Waals surface area contributed by atoms with E-state index in [-0.39, 0.29) is 77.3 Å². The second kappa shape index (κ2) is 208. The largest absolute Gasteiger partial charge is 4.00 e. The SMILES string of the molecule is N.N.N.N.O.O.[Ce+4]. The maximum Gasteiger partial charge on any atom is 4.00 e. The molecule has 0 rings (SSSR count). The first kappa shape index (κ1) is 321. The second-order valence-corrected chi connectivity index (χ2v) is 0. The number of rotatable bonds is 0. The van der Waals surface area contributed by atoms with E-state index in [9.17, 15) is 0 Å². The van der Waals surface area contributed by atoms with Crippen LogP contribution in [0, 0.1) is 41.7 Å². The van der Waals surface area contributed by atoms with Gasteiger partial charge in [0.05, 0.1) is 0 Å². The zero-order valence-electron chi connectivity index (χ0n) is 4.33. The molecule has 0 aliphatic rings. The predicted molar refractivity (Wildman–Crippen MR) is 27.3 cm³/mol. The van der Waals surface area contributed by atoms with Crippen LogP contribution >= 0.6 is 0 Å². The van der Waals surface area contributed by atoms with Crippen LogP contribution in [0.3, 0.4) is 0 Å². The van der Waals surface area contributed by atoms with Crippen molar-refractivity contribution >= 4 is 0 Å². The van der Waals surface area contributed by atoms with Gasteiger partial charge in [0.25, 0.3) is 0 Å². The van der Waals surface area contributed by atoms with Crippen molar-refractivity contribution in [1.29, 1.82) is 0 Å². The minimum Gasteiger partial charge on any atom is -0.412 e. The van der Waals surface area contributed by atoms with Gasteiger partial charge in [0.2, 0.25) is 0 Å². The van der Waals surface area contributed by atoms with E-state index in [4.69, 9.17) is 0 Å². The van der Waals surface area contributed by atoms with Crippen LogP contribution < -0.4 is 24.6 Å². The molecule has 0 saturated heterocycles. The minimum atomic E-state index is 0. The van der Waals surface area contributed by atoms with E-state index < -0.39 is 0 Å². The summed E-state index contributed by atoms with van der Waals surface area (Å²) in [6.07, 6.45) is 0. The van der Waals surface area contributed by atoms with Crippen molar-refractivity contribution in [1.82, 2.24) is 24.6 Å². The summed E-state index contributed by atoms with van der Waals surface area (Å²) in [5.74, 6) is 0. The molecule has 0 aliphatic heterocycles. The standard InChI is InChI=1S/Ce.4H3N.2H2O/h;4*1H3;2*1H2/q+4;;;;;;. The Balaban J connectivity index is 0. The molecule has 0 aromatic carbocycles. The Morgan fingerprint density at radius 3 is 0.429 bits per heavy atom. The molecule has 0 saturated carbocycles. The Hall–Kier alpha value is 1.14. The molecule has 0 atom stereocenters. The molecule has 0 radical (unpaired) electrons. The summed E-state index contributed by atoms with van der Waals surface area (Å²) in [7, 11) is 0. The third-order valence-corrected chi connectivity index (χ3v) is 0. The smallest absolute Gasteiger partial charge is 0.412 e. The summed E-state index contributed by atoms with van der Waals surface area (Å²) < 4.78 is 0. The van der Waals surface area contributed by atoms with Crippen LogP contribution in [0.5, 0.6) is 0 Å². The topological polar surface area (TPSA) is 203 Å². The van der Waals surface area contributed by atoms with Crippen molar-refractivity contribution in [3.8, 4) is 0 Å². The molecular formula is H16CeN4O2+4. The molecule has 0 heterocycles. The van der Waals surface area contributed by atoms with Crippen LogP contribution in [0.2, 0.25) is 0 Å². The summed E-state index contributed by atoms with van der Waals surface area (Å²) in [5, 5.41) is 0. The van der Waals surface area contributed by atoms with Crippen molar-refractivity contribution in [2.75, 3.05) is 0 Å². The van der Waals surface area contributed by atoms with Gasteiger partial charge < -0.3 is 35.6 Å². The molecule has 0 amide bonds. The Bertz CT molecular complexity index is 9.65. The molecule has 0 aliphatic carbocycles. The summed E-state index contributed by atoms with van der Waals surface area (Å²) >= 11 is 0. The van der Waals surface area contributed by atoms with Crippen LogP contribution in [0.15, 0.2) is 0 Å². The van der Waals surface area contributed by atoms with Crippen molar-refractivity contribution in [2.24, 2.45) is 0 Å². The molecule has 0 fully saturated rings. The van der Waals surface area contributed by atoms with Crippen molar-refractivity contribution in [3.05, 3.63) is 0 Å². The molecule has 7 heteroatoms. The fourth-order valence-corrected chi connectivity index (χ4v) is 0. The summed E-state index contributed by atoms with van der Waals surface area (Å²) in [4.78, 5) is 0. The quantitative estimate of drug-likeness (QED) is 0.423. The van der Waals surface area contributed by atoms with Crippen molar-refractivity contribution < 1.29 is 52.7 Å². The zero-order valence-corrected chi connectivity index (χ0v) is 7.47. The molecule has 0 aromatic rings. The van der Waals surface area contributed by atoms with Crippen molar-refractivity contribution in [2.45, 2.75) is 0 Å². The van der Waals surface area contributed by atoms with E-state index in [1.807, 2.05) is 0 Å². The van der Waals surface area contributed by atoms with E-state index >= 15 is 0 Å². The normalized spacial score (nSPS) is 0. The Morgan fingerprint density at radius 1 is 0.429 bits per heavy atom. The second-order valence-electron chi connectivity index (χ2n) is 0. The van der Waals surface area contributed by atoms with E-state index in [1.54, 1.807) is 0 Å². The first-order chi connectivity index (χ1) is 0. The summed E-state index contributed by atoms with van der Waals surface area (Å²) in [6, 6.07) is 0. The maximum absolute atomic E-state index is 0. The molecule has 0 unspecified atom stereocenters. The molecule has 6 nitrogen and oxygen atoms in total. The number of hydrogen-bond donors (Lipinski definition) is 4. The van der Waals surface area contributed by atoms with Gasteiger partial charge in [0.15, 0.2) is 0 Å². The van der Waals surface area contributed by atoms with Crippen LogP contribution in [0.4, 0.5) is 0 Å². The molecule has 48 valence electrons. The Labute approximate surface area is 76.8 Å². The molecule has 7 heavy (non-hydrogen) atoms. The monoisotopic (exact) mass is 244 g/mol. The first-order valence-electron chi connectivity index (χ1n) is 0. The fourth-order valence-electron chi connectivity index (χ4n) is 0. The average Bonchev–Trinajstić information content (AvgIpc) is 0. The van der Waals surface area contributed by atoms with Gasteiger partial charge >= 0.3 is 41.7 Å². The molecule has 16 N–H and O–H groups in total. The van der Waals surface area contributed by atoms with E-state index in [1.165, 1.54) is 0 Å². The molecule has 0 spiro atoms. The first-order valence-corrected chi connectivity index (χ1v) is 0. The predicted octanol–water partition coefficient (Wildman–Crippen LogP) is -1.00. The van der Waals surface area contributed by atoms with Gasteiger partial charge in [-0.3, -0.25) is 0 Å². The van der Waals surface area contributed by atoms with Crippen LogP contribution in [-0.4, -0.2) is 11.0 Å². The van der Waals surface area contributed by atoms with E-state index in [0.29, 0.717) is 0 Å². The molecule has 0 bridgehead atoms. The van der Waals surface area contributed by atoms with E-state index in [2.05, 4.69) is 0 Å². The van der Waals surface area contributed by atoms with Crippen LogP contribution in [-0.2, 0) is 0 Å². The Kier molecular flexibility index (Phi) is 9530. The van der Waals surface area contributed by atoms with Gasteiger partial charge in [-0.25, -0.2) is 0 Å². The third kappa shape index (κ3) is 146. The van der Waals surface area contributed by atoms with Crippen LogP contribution in [0.1, 0.15) is 0 Å².